The molecule has 0 saturated carbocycles. The Morgan fingerprint density at radius 3 is 1.34 bits per heavy atom. The van der Waals surface area contributed by atoms with Crippen molar-refractivity contribution >= 4 is 8.56 Å². The van der Waals surface area contributed by atoms with Gasteiger partial charge in [-0.05, 0) is 24.4 Å². The lowest BCUT2D eigenvalue weighted by atomic mass is 10.0. The predicted molar refractivity (Wildman–Crippen MR) is 133 cm³/mol. The summed E-state index contributed by atoms with van der Waals surface area (Å²) in [6.07, 6.45) is 22.4. The van der Waals surface area contributed by atoms with Crippen molar-refractivity contribution in [3.8, 4) is 0 Å². The Bertz CT molecular complexity index is 318. The van der Waals surface area contributed by atoms with Crippen LogP contribution in [0.25, 0.3) is 0 Å². The molecule has 0 aliphatic heterocycles. The van der Waals surface area contributed by atoms with Crippen molar-refractivity contribution in [1.82, 2.24) is 0 Å². The van der Waals surface area contributed by atoms with Crippen LogP contribution in [-0.4, -0.2) is 21.8 Å². The Labute approximate surface area is 186 Å². The summed E-state index contributed by atoms with van der Waals surface area (Å²) in [7, 11) is -1.93. The van der Waals surface area contributed by atoms with Crippen LogP contribution >= 0.6 is 0 Å². The van der Waals surface area contributed by atoms with Crippen molar-refractivity contribution in [3.63, 3.8) is 0 Å². The van der Waals surface area contributed by atoms with Gasteiger partial charge in [0, 0.05) is 13.2 Å². The van der Waals surface area contributed by atoms with Crippen LogP contribution in [0.1, 0.15) is 137 Å². The average molecular weight is 429 g/mol. The molecule has 0 amide bonds. The lowest BCUT2D eigenvalue weighted by Gasteiger charge is -2.30. The summed E-state index contributed by atoms with van der Waals surface area (Å²) in [5, 5.41) is 0. The van der Waals surface area contributed by atoms with Crippen LogP contribution in [0.4, 0.5) is 0 Å². The number of hydrogen-bond donors (Lipinski definition) is 0. The van der Waals surface area contributed by atoms with Gasteiger partial charge in [0.15, 0.2) is 0 Å². The third-order valence-corrected chi connectivity index (χ3v) is 10.1. The molecule has 0 aliphatic rings. The maximum absolute atomic E-state index is 6.35. The van der Waals surface area contributed by atoms with Gasteiger partial charge in [-0.2, -0.15) is 0 Å². The van der Waals surface area contributed by atoms with Crippen molar-refractivity contribution in [2.24, 2.45) is 5.92 Å². The molecule has 1 unspecified atom stereocenters. The lowest BCUT2D eigenvalue weighted by Crippen LogP contribution is -2.42. The van der Waals surface area contributed by atoms with E-state index in [9.17, 15) is 0 Å². The first-order valence-corrected chi connectivity index (χ1v) is 15.6. The fourth-order valence-electron chi connectivity index (χ4n) is 3.84. The van der Waals surface area contributed by atoms with Crippen LogP contribution in [0.15, 0.2) is 0 Å². The molecule has 29 heavy (non-hydrogen) atoms. The molecule has 0 aliphatic carbocycles. The topological polar surface area (TPSA) is 18.5 Å². The highest BCUT2D eigenvalue weighted by Gasteiger charge is 2.33. The summed E-state index contributed by atoms with van der Waals surface area (Å²) in [5.74, 6) is 0.648. The fourth-order valence-corrected chi connectivity index (χ4v) is 6.35. The van der Waals surface area contributed by atoms with Crippen molar-refractivity contribution < 1.29 is 8.85 Å². The molecule has 1 atom stereocenters. The van der Waals surface area contributed by atoms with Gasteiger partial charge in [0.1, 0.15) is 0 Å². The van der Waals surface area contributed by atoms with Gasteiger partial charge < -0.3 is 8.85 Å². The van der Waals surface area contributed by atoms with E-state index in [2.05, 4.69) is 34.6 Å². The largest absolute Gasteiger partial charge is 0.394 e. The minimum atomic E-state index is -1.93. The molecule has 0 aromatic rings. The molecule has 0 aromatic carbocycles. The van der Waals surface area contributed by atoms with Crippen molar-refractivity contribution in [2.75, 3.05) is 13.2 Å². The average Bonchev–Trinajstić information content (AvgIpc) is 2.75. The highest BCUT2D eigenvalue weighted by atomic mass is 28.4. The van der Waals surface area contributed by atoms with E-state index in [4.69, 9.17) is 8.85 Å². The van der Waals surface area contributed by atoms with Gasteiger partial charge in [-0.25, -0.2) is 0 Å². The molecular formula is C26H56O2Si. The highest BCUT2D eigenvalue weighted by Crippen LogP contribution is 2.21. The standard InChI is InChI=1S/C26H56O2Si/c1-6-10-11-12-13-14-15-16-17-18-19-20-21-22-23-24-27-29(8-3,9-4)28-25-26(5)7-2/h26H,6-25H2,1-5H3. The Morgan fingerprint density at radius 1 is 0.552 bits per heavy atom. The van der Waals surface area contributed by atoms with Crippen LogP contribution in [0.2, 0.25) is 12.1 Å². The Balaban J connectivity index is 3.48. The van der Waals surface area contributed by atoms with Crippen LogP contribution in [-0.2, 0) is 8.85 Å². The van der Waals surface area contributed by atoms with E-state index in [0.29, 0.717) is 5.92 Å². The van der Waals surface area contributed by atoms with Crippen LogP contribution in [0, 0.1) is 5.92 Å². The molecule has 0 saturated heterocycles. The van der Waals surface area contributed by atoms with Crippen LogP contribution in [0.3, 0.4) is 0 Å². The summed E-state index contributed by atoms with van der Waals surface area (Å²) >= 11 is 0. The van der Waals surface area contributed by atoms with Crippen molar-refractivity contribution in [3.05, 3.63) is 0 Å². The van der Waals surface area contributed by atoms with Gasteiger partial charge >= 0.3 is 8.56 Å². The van der Waals surface area contributed by atoms with Gasteiger partial charge in [0.25, 0.3) is 0 Å². The zero-order valence-electron chi connectivity index (χ0n) is 21.0. The summed E-state index contributed by atoms with van der Waals surface area (Å²) < 4.78 is 12.7. The van der Waals surface area contributed by atoms with Crippen LogP contribution in [0.5, 0.6) is 0 Å². The molecule has 2 nitrogen and oxygen atoms in total. The van der Waals surface area contributed by atoms with E-state index >= 15 is 0 Å². The second-order valence-electron chi connectivity index (χ2n) is 9.24. The SMILES string of the molecule is CCCCCCCCCCCCCCCCCO[Si](CC)(CC)OCC(C)CC. The third-order valence-electron chi connectivity index (χ3n) is 6.52. The molecule has 0 N–H and O–H groups in total. The van der Waals surface area contributed by atoms with Crippen molar-refractivity contribution in [2.45, 2.75) is 149 Å². The van der Waals surface area contributed by atoms with Gasteiger partial charge in [0.05, 0.1) is 0 Å². The molecule has 0 radical (unpaired) electrons. The normalized spacial score (nSPS) is 13.1. The maximum atomic E-state index is 6.35. The Hall–Kier alpha value is 0.137. The molecule has 0 rings (SSSR count). The first-order valence-electron chi connectivity index (χ1n) is 13.4. The molecule has 0 spiro atoms. The second kappa shape index (κ2) is 21.4. The predicted octanol–water partition coefficient (Wildman–Crippen LogP) is 9.42. The van der Waals surface area contributed by atoms with E-state index in [-0.39, 0.29) is 0 Å². The number of hydrogen-bond acceptors (Lipinski definition) is 2. The van der Waals surface area contributed by atoms with E-state index in [1.54, 1.807) is 0 Å². The minimum absolute atomic E-state index is 0.648. The first-order chi connectivity index (χ1) is 14.1. The summed E-state index contributed by atoms with van der Waals surface area (Å²) in [6, 6.07) is 2.16. The zero-order valence-corrected chi connectivity index (χ0v) is 22.0. The number of rotatable bonds is 23. The van der Waals surface area contributed by atoms with E-state index in [0.717, 1.165) is 25.3 Å². The summed E-state index contributed by atoms with van der Waals surface area (Å²) in [6.45, 7) is 13.1. The Morgan fingerprint density at radius 2 is 0.966 bits per heavy atom. The molecule has 0 heterocycles. The molecule has 3 heteroatoms. The molecule has 0 fully saturated rings. The first kappa shape index (κ1) is 29.1. The van der Waals surface area contributed by atoms with E-state index in [1.807, 2.05) is 0 Å². The second-order valence-corrected chi connectivity index (χ2v) is 13.1. The molecular weight excluding hydrogens is 372 g/mol. The van der Waals surface area contributed by atoms with Gasteiger partial charge in [-0.15, -0.1) is 0 Å². The fraction of sp³-hybridized carbons (Fsp3) is 1.00. The Kier molecular flexibility index (Phi) is 21.5. The molecule has 176 valence electrons. The maximum Gasteiger partial charge on any atom is 0.337 e. The zero-order chi connectivity index (χ0) is 21.6. The quantitative estimate of drug-likeness (QED) is 0.119. The van der Waals surface area contributed by atoms with E-state index < -0.39 is 8.56 Å². The van der Waals surface area contributed by atoms with Crippen LogP contribution < -0.4 is 0 Å². The summed E-state index contributed by atoms with van der Waals surface area (Å²) in [4.78, 5) is 0. The van der Waals surface area contributed by atoms with E-state index in [1.165, 1.54) is 103 Å². The highest BCUT2D eigenvalue weighted by molar-refractivity contribution is 6.67. The smallest absolute Gasteiger partial charge is 0.337 e. The monoisotopic (exact) mass is 428 g/mol. The van der Waals surface area contributed by atoms with Gasteiger partial charge in [0.2, 0.25) is 0 Å². The lowest BCUT2D eigenvalue weighted by molar-refractivity contribution is 0.145. The number of unbranched alkanes of at least 4 members (excludes halogenated alkanes) is 14. The van der Waals surface area contributed by atoms with Crippen molar-refractivity contribution in [1.29, 1.82) is 0 Å². The molecule has 0 bridgehead atoms. The third kappa shape index (κ3) is 17.5. The van der Waals surface area contributed by atoms with Gasteiger partial charge in [-0.3, -0.25) is 0 Å². The molecule has 0 aromatic heterocycles. The minimum Gasteiger partial charge on any atom is -0.394 e. The van der Waals surface area contributed by atoms with Gasteiger partial charge in [-0.1, -0.05) is 131 Å². The summed E-state index contributed by atoms with van der Waals surface area (Å²) in [5.41, 5.74) is 0.